The number of hydrogen-bond acceptors (Lipinski definition) is 8. The summed E-state index contributed by atoms with van der Waals surface area (Å²) < 4.78 is 43.9. The molecule has 1 aliphatic heterocycles. The number of carbonyl (C=O) groups excluding carboxylic acids is 1. The molecular weight excluding hydrogens is 483 g/mol. The summed E-state index contributed by atoms with van der Waals surface area (Å²) in [5.74, 6) is 0.524. The number of anilines is 1. The normalized spacial score (nSPS) is 14.9. The number of cyclic esters (lactones) is 1. The standard InChI is InChI=1S/C20H20Cl2N2O7S/c1-20(2)18-16(24-19(25)29-20)6-5-7-17(18)28-11-4-3-10-23-31-32(26,27)30-13-8-9-14(21)15(22)12-13/h5-10,12H,3-4,11H2,1-2H3,(H,24,25). The van der Waals surface area contributed by atoms with Crippen LogP contribution >= 0.6 is 23.2 Å². The maximum atomic E-state index is 11.8. The number of nitrogens with zero attached hydrogens (tertiary/aromatic N) is 1. The Morgan fingerprint density at radius 2 is 1.97 bits per heavy atom. The molecule has 1 heterocycles. The number of hydrogen-bond donors (Lipinski definition) is 1. The molecule has 0 fully saturated rings. The molecule has 0 radical (unpaired) electrons. The van der Waals surface area contributed by atoms with Crippen LogP contribution in [0.15, 0.2) is 41.6 Å². The minimum absolute atomic E-state index is 0.0581. The summed E-state index contributed by atoms with van der Waals surface area (Å²) in [6, 6.07) is 9.29. The third kappa shape index (κ3) is 6.18. The summed E-state index contributed by atoms with van der Waals surface area (Å²) in [7, 11) is -4.41. The number of carbonyl (C=O) groups is 1. The van der Waals surface area contributed by atoms with Crippen LogP contribution in [0.25, 0.3) is 0 Å². The van der Waals surface area contributed by atoms with Gasteiger partial charge in [0.25, 0.3) is 0 Å². The highest BCUT2D eigenvalue weighted by atomic mass is 35.5. The van der Waals surface area contributed by atoms with Gasteiger partial charge >= 0.3 is 16.5 Å². The summed E-state index contributed by atoms with van der Waals surface area (Å²) in [6.07, 6.45) is 1.67. The lowest BCUT2D eigenvalue weighted by molar-refractivity contribution is 0.0396. The van der Waals surface area contributed by atoms with Gasteiger partial charge in [-0.3, -0.25) is 5.32 Å². The van der Waals surface area contributed by atoms with E-state index in [0.717, 1.165) is 5.56 Å². The van der Waals surface area contributed by atoms with Gasteiger partial charge in [0.15, 0.2) is 0 Å². The zero-order valence-corrected chi connectivity index (χ0v) is 19.5. The summed E-state index contributed by atoms with van der Waals surface area (Å²) in [5.41, 5.74) is 0.528. The molecule has 172 valence electrons. The quantitative estimate of drug-likeness (QED) is 0.282. The lowest BCUT2D eigenvalue weighted by atomic mass is 9.94. The Balaban J connectivity index is 1.47. The molecule has 12 heteroatoms. The van der Waals surface area contributed by atoms with Gasteiger partial charge in [0.1, 0.15) is 17.1 Å². The van der Waals surface area contributed by atoms with E-state index < -0.39 is 22.1 Å². The van der Waals surface area contributed by atoms with Crippen molar-refractivity contribution >= 4 is 51.6 Å². The smallest absolute Gasteiger partial charge is 0.493 e. The van der Waals surface area contributed by atoms with Gasteiger partial charge in [-0.05, 0) is 51.0 Å². The van der Waals surface area contributed by atoms with Crippen LogP contribution in [0.5, 0.6) is 11.5 Å². The summed E-state index contributed by atoms with van der Waals surface area (Å²) in [4.78, 5) is 11.7. The van der Waals surface area contributed by atoms with Crippen LogP contribution in [-0.4, -0.2) is 27.3 Å². The molecule has 32 heavy (non-hydrogen) atoms. The number of benzene rings is 2. The van der Waals surface area contributed by atoms with E-state index in [1.807, 2.05) is 0 Å². The van der Waals surface area contributed by atoms with E-state index in [9.17, 15) is 13.2 Å². The van der Waals surface area contributed by atoms with Crippen molar-refractivity contribution in [2.24, 2.45) is 5.16 Å². The van der Waals surface area contributed by atoms with Crippen LogP contribution in [0.4, 0.5) is 10.5 Å². The maximum Gasteiger partial charge on any atom is 0.521 e. The molecule has 1 N–H and O–H groups in total. The first-order valence-electron chi connectivity index (χ1n) is 9.43. The van der Waals surface area contributed by atoms with Crippen molar-refractivity contribution in [3.63, 3.8) is 0 Å². The predicted octanol–water partition coefficient (Wildman–Crippen LogP) is 5.28. The molecule has 2 aromatic carbocycles. The van der Waals surface area contributed by atoms with Crippen molar-refractivity contribution in [1.82, 2.24) is 0 Å². The molecule has 3 rings (SSSR count). The van der Waals surface area contributed by atoms with Crippen LogP contribution in [0.1, 0.15) is 32.3 Å². The summed E-state index contributed by atoms with van der Waals surface area (Å²) in [5, 5.41) is 6.45. The molecule has 0 unspecified atom stereocenters. The maximum absolute atomic E-state index is 11.8. The monoisotopic (exact) mass is 502 g/mol. The first-order chi connectivity index (χ1) is 15.1. The average molecular weight is 503 g/mol. The number of oxime groups is 1. The fourth-order valence-corrected chi connectivity index (χ4v) is 3.77. The zero-order chi connectivity index (χ0) is 23.4. The van der Waals surface area contributed by atoms with Crippen molar-refractivity contribution in [3.05, 3.63) is 52.0 Å². The number of nitrogens with one attached hydrogen (secondary N) is 1. The first kappa shape index (κ1) is 24.0. The van der Waals surface area contributed by atoms with Gasteiger partial charge in [0.05, 0.1) is 27.9 Å². The Bertz CT molecular complexity index is 1140. The van der Waals surface area contributed by atoms with Crippen LogP contribution in [0.3, 0.4) is 0 Å². The van der Waals surface area contributed by atoms with Crippen LogP contribution in [0, 0.1) is 0 Å². The SMILES string of the molecule is CC1(C)OC(=O)Nc2cccc(OCCCC=NOS(=O)(=O)Oc3ccc(Cl)c(Cl)c3)c21. The van der Waals surface area contributed by atoms with Crippen LogP contribution in [-0.2, 0) is 25.0 Å². The highest BCUT2D eigenvalue weighted by molar-refractivity contribution is 7.82. The van der Waals surface area contributed by atoms with Gasteiger partial charge in [0, 0.05) is 12.3 Å². The predicted molar refractivity (Wildman–Crippen MR) is 120 cm³/mol. The van der Waals surface area contributed by atoms with Gasteiger partial charge in [-0.15, -0.1) is 8.42 Å². The van der Waals surface area contributed by atoms with Crippen molar-refractivity contribution in [1.29, 1.82) is 0 Å². The number of fused-ring (bicyclic) bond motifs is 1. The van der Waals surface area contributed by atoms with E-state index in [4.69, 9.17) is 36.9 Å². The Morgan fingerprint density at radius 3 is 2.72 bits per heavy atom. The topological polar surface area (TPSA) is 113 Å². The highest BCUT2D eigenvalue weighted by Gasteiger charge is 2.36. The second-order valence-corrected chi connectivity index (χ2v) is 9.07. The molecule has 0 bridgehead atoms. The largest absolute Gasteiger partial charge is 0.521 e. The Morgan fingerprint density at radius 1 is 1.19 bits per heavy atom. The van der Waals surface area contributed by atoms with E-state index >= 15 is 0 Å². The van der Waals surface area contributed by atoms with Crippen molar-refractivity contribution in [2.45, 2.75) is 32.3 Å². The summed E-state index contributed by atoms with van der Waals surface area (Å²) >= 11 is 11.6. The Labute approximate surface area is 195 Å². The molecule has 9 nitrogen and oxygen atoms in total. The number of ether oxygens (including phenoxy) is 2. The lowest BCUT2D eigenvalue weighted by Crippen LogP contribution is -2.35. The van der Waals surface area contributed by atoms with E-state index in [1.165, 1.54) is 24.4 Å². The number of halogens is 2. The second-order valence-electron chi connectivity index (χ2n) is 7.12. The molecule has 0 spiro atoms. The second kappa shape index (κ2) is 9.85. The number of amides is 1. The highest BCUT2D eigenvalue weighted by Crippen LogP contribution is 2.41. The third-order valence-corrected chi connectivity index (χ3v) is 5.65. The van der Waals surface area contributed by atoms with Crippen molar-refractivity contribution in [3.8, 4) is 11.5 Å². The van der Waals surface area contributed by atoms with Crippen molar-refractivity contribution in [2.75, 3.05) is 11.9 Å². The minimum atomic E-state index is -4.41. The first-order valence-corrected chi connectivity index (χ1v) is 11.5. The Kier molecular flexibility index (Phi) is 7.37. The van der Waals surface area contributed by atoms with Crippen LogP contribution in [0.2, 0.25) is 10.0 Å². The fraction of sp³-hybridized carbons (Fsp3) is 0.300. The molecule has 0 aliphatic carbocycles. The number of unbranched alkanes of at least 4 members (excludes halogenated alkanes) is 1. The molecule has 1 amide bonds. The van der Waals surface area contributed by atoms with Gasteiger partial charge in [-0.1, -0.05) is 34.4 Å². The van der Waals surface area contributed by atoms with Crippen molar-refractivity contribution < 1.29 is 31.2 Å². The molecule has 0 atom stereocenters. The molecule has 0 saturated heterocycles. The zero-order valence-electron chi connectivity index (χ0n) is 17.1. The fourth-order valence-electron chi connectivity index (χ4n) is 2.95. The van der Waals surface area contributed by atoms with E-state index in [-0.39, 0.29) is 15.8 Å². The van der Waals surface area contributed by atoms with E-state index in [2.05, 4.69) is 14.8 Å². The minimum Gasteiger partial charge on any atom is -0.493 e. The van der Waals surface area contributed by atoms with Gasteiger partial charge in [-0.2, -0.15) is 0 Å². The van der Waals surface area contributed by atoms with E-state index in [1.54, 1.807) is 32.0 Å². The average Bonchev–Trinajstić information content (AvgIpc) is 2.68. The Hall–Kier alpha value is -2.69. The molecular formula is C20H20Cl2N2O7S. The lowest BCUT2D eigenvalue weighted by Gasteiger charge is -2.33. The number of rotatable bonds is 9. The van der Waals surface area contributed by atoms with Gasteiger partial charge < -0.3 is 13.7 Å². The van der Waals surface area contributed by atoms with Gasteiger partial charge in [-0.25, -0.2) is 9.08 Å². The molecule has 0 aromatic heterocycles. The van der Waals surface area contributed by atoms with Crippen LogP contribution < -0.4 is 14.2 Å². The van der Waals surface area contributed by atoms with E-state index in [0.29, 0.717) is 30.9 Å². The molecule has 2 aromatic rings. The van der Waals surface area contributed by atoms with Gasteiger partial charge in [0.2, 0.25) is 0 Å². The molecule has 1 aliphatic rings. The third-order valence-electron chi connectivity index (χ3n) is 4.25. The molecule has 0 saturated carbocycles. The summed E-state index contributed by atoms with van der Waals surface area (Å²) in [6.45, 7) is 3.88.